The number of amides is 5. The van der Waals surface area contributed by atoms with Gasteiger partial charge in [0.1, 0.15) is 6.54 Å². The molecule has 31 heavy (non-hydrogen) atoms. The van der Waals surface area contributed by atoms with E-state index in [2.05, 4.69) is 10.0 Å². The average molecular weight is 456 g/mol. The van der Waals surface area contributed by atoms with E-state index in [1.165, 1.54) is 18.2 Å². The Labute approximate surface area is 179 Å². The zero-order chi connectivity index (χ0) is 22.6. The van der Waals surface area contributed by atoms with Crippen molar-refractivity contribution in [2.24, 2.45) is 5.92 Å². The van der Waals surface area contributed by atoms with Crippen molar-refractivity contribution in [3.8, 4) is 5.75 Å². The van der Waals surface area contributed by atoms with Gasteiger partial charge in [-0.3, -0.25) is 10.1 Å². The topological polar surface area (TPSA) is 134 Å². The van der Waals surface area contributed by atoms with Crippen LogP contribution in [0, 0.1) is 11.7 Å². The quantitative estimate of drug-likeness (QED) is 0.358. The number of carbonyl (C=O) groups is 3. The first kappa shape index (κ1) is 22.9. The lowest BCUT2D eigenvalue weighted by Gasteiger charge is -2.17. The number of hydrogen-bond donors (Lipinski definition) is 3. The third kappa shape index (κ3) is 6.62. The molecule has 10 nitrogen and oxygen atoms in total. The number of nitrogens with zero attached hydrogens (tertiary/aromatic N) is 1. The van der Waals surface area contributed by atoms with Gasteiger partial charge in [0.15, 0.2) is 11.6 Å². The van der Waals surface area contributed by atoms with E-state index in [9.17, 15) is 27.2 Å². The van der Waals surface area contributed by atoms with Crippen molar-refractivity contribution in [2.45, 2.75) is 32.2 Å². The van der Waals surface area contributed by atoms with Gasteiger partial charge in [-0.15, -0.1) is 0 Å². The number of carbonyl (C=O) groups excluding carboxylic acids is 3. The van der Waals surface area contributed by atoms with Crippen LogP contribution in [-0.2, 0) is 14.8 Å². The van der Waals surface area contributed by atoms with E-state index in [0.29, 0.717) is 23.0 Å². The van der Waals surface area contributed by atoms with Crippen molar-refractivity contribution in [1.82, 2.24) is 20.3 Å². The second-order valence-electron chi connectivity index (χ2n) is 7.63. The first-order valence-electron chi connectivity index (χ1n) is 9.96. The highest BCUT2D eigenvalue weighted by Crippen LogP contribution is 2.31. The third-order valence-corrected chi connectivity index (χ3v) is 6.43. The number of hydrogen-bond acceptors (Lipinski definition) is 6. The van der Waals surface area contributed by atoms with Crippen LogP contribution in [0.5, 0.6) is 5.75 Å². The number of imide groups is 2. The van der Waals surface area contributed by atoms with Gasteiger partial charge in [-0.25, -0.2) is 32.0 Å². The van der Waals surface area contributed by atoms with Crippen LogP contribution in [0.25, 0.3) is 0 Å². The summed E-state index contributed by atoms with van der Waals surface area (Å²) < 4.78 is 46.6. The zero-order valence-corrected chi connectivity index (χ0v) is 17.8. The molecule has 12 heteroatoms. The Balaban J connectivity index is 1.45. The fourth-order valence-electron chi connectivity index (χ4n) is 2.95. The van der Waals surface area contributed by atoms with Crippen LogP contribution >= 0.6 is 0 Å². The van der Waals surface area contributed by atoms with Crippen molar-refractivity contribution in [1.29, 1.82) is 0 Å². The summed E-state index contributed by atoms with van der Waals surface area (Å²) >= 11 is 0. The van der Waals surface area contributed by atoms with Crippen LogP contribution in [0.15, 0.2) is 18.2 Å². The minimum atomic E-state index is -3.69. The van der Waals surface area contributed by atoms with Crippen LogP contribution in [0.3, 0.4) is 0 Å². The SMILES string of the molecule is C[C@@H](NS(=O)(=O)CCCNC(=O)N1CC(=O)NC1=O)c1ccc(F)c(OCC2CC2)c1. The van der Waals surface area contributed by atoms with Gasteiger partial charge < -0.3 is 10.1 Å². The van der Waals surface area contributed by atoms with Crippen LogP contribution in [0.4, 0.5) is 14.0 Å². The van der Waals surface area contributed by atoms with E-state index in [1.807, 2.05) is 5.32 Å². The molecule has 0 bridgehead atoms. The minimum Gasteiger partial charge on any atom is -0.490 e. The summed E-state index contributed by atoms with van der Waals surface area (Å²) in [5.74, 6) is -0.789. The first-order valence-corrected chi connectivity index (χ1v) is 11.6. The summed E-state index contributed by atoms with van der Waals surface area (Å²) in [6.45, 7) is 1.72. The lowest BCUT2D eigenvalue weighted by atomic mass is 10.1. The smallest absolute Gasteiger partial charge is 0.332 e. The summed E-state index contributed by atoms with van der Waals surface area (Å²) in [7, 11) is -3.69. The summed E-state index contributed by atoms with van der Waals surface area (Å²) in [6, 6.07) is 2.04. The summed E-state index contributed by atoms with van der Waals surface area (Å²) in [5, 5.41) is 4.37. The fourth-order valence-corrected chi connectivity index (χ4v) is 4.26. The molecule has 0 spiro atoms. The minimum absolute atomic E-state index is 0.00178. The number of benzene rings is 1. The Bertz CT molecular complexity index is 966. The lowest BCUT2D eigenvalue weighted by molar-refractivity contribution is -0.118. The molecule has 1 aromatic carbocycles. The maximum atomic E-state index is 13.9. The van der Waals surface area contributed by atoms with Gasteiger partial charge >= 0.3 is 12.1 Å². The van der Waals surface area contributed by atoms with Crippen LogP contribution in [0.2, 0.25) is 0 Å². The molecule has 2 aliphatic rings. The molecular weight excluding hydrogens is 431 g/mol. The molecule has 1 aliphatic heterocycles. The second-order valence-corrected chi connectivity index (χ2v) is 9.50. The van der Waals surface area contributed by atoms with Crippen molar-refractivity contribution >= 4 is 28.0 Å². The van der Waals surface area contributed by atoms with Gasteiger partial charge in [-0.05, 0) is 49.8 Å². The van der Waals surface area contributed by atoms with Gasteiger partial charge in [-0.1, -0.05) is 6.07 Å². The van der Waals surface area contributed by atoms with E-state index < -0.39 is 39.9 Å². The molecule has 1 atom stereocenters. The van der Waals surface area contributed by atoms with Crippen LogP contribution in [0.1, 0.15) is 37.8 Å². The van der Waals surface area contributed by atoms with Crippen LogP contribution < -0.4 is 20.1 Å². The summed E-state index contributed by atoms with van der Waals surface area (Å²) in [5.41, 5.74) is 0.564. The molecule has 1 aliphatic carbocycles. The molecule has 0 aromatic heterocycles. The molecule has 1 aromatic rings. The molecule has 1 saturated heterocycles. The maximum absolute atomic E-state index is 13.9. The third-order valence-electron chi connectivity index (χ3n) is 4.89. The second kappa shape index (κ2) is 9.60. The van der Waals surface area contributed by atoms with E-state index in [4.69, 9.17) is 4.74 Å². The van der Waals surface area contributed by atoms with Gasteiger partial charge in [0, 0.05) is 12.6 Å². The Morgan fingerprint density at radius 2 is 2.10 bits per heavy atom. The first-order chi connectivity index (χ1) is 14.6. The molecule has 2 fully saturated rings. The molecule has 5 amide bonds. The molecule has 1 heterocycles. The lowest BCUT2D eigenvalue weighted by Crippen LogP contribution is -2.42. The Hall–Kier alpha value is -2.73. The maximum Gasteiger partial charge on any atom is 0.332 e. The van der Waals surface area contributed by atoms with Gasteiger partial charge in [0.25, 0.3) is 0 Å². The highest BCUT2D eigenvalue weighted by molar-refractivity contribution is 7.89. The highest BCUT2D eigenvalue weighted by atomic mass is 32.2. The molecule has 0 unspecified atom stereocenters. The molecular formula is C19H25FN4O6S. The predicted octanol–water partition coefficient (Wildman–Crippen LogP) is 1.25. The highest BCUT2D eigenvalue weighted by Gasteiger charge is 2.31. The van der Waals surface area contributed by atoms with Crippen molar-refractivity contribution in [3.05, 3.63) is 29.6 Å². The predicted molar refractivity (Wildman–Crippen MR) is 108 cm³/mol. The Morgan fingerprint density at radius 1 is 1.35 bits per heavy atom. The monoisotopic (exact) mass is 456 g/mol. The molecule has 0 radical (unpaired) electrons. The number of ether oxygens (including phenoxy) is 1. The molecule has 3 N–H and O–H groups in total. The average Bonchev–Trinajstić information content (AvgIpc) is 3.46. The summed E-state index contributed by atoms with van der Waals surface area (Å²) in [6.07, 6.45) is 2.24. The van der Waals surface area contributed by atoms with Gasteiger partial charge in [0.05, 0.1) is 12.4 Å². The number of nitrogens with one attached hydrogen (secondary N) is 3. The Kier molecular flexibility index (Phi) is 7.11. The normalized spacial score (nSPS) is 17.4. The number of sulfonamides is 1. The van der Waals surface area contributed by atoms with Crippen molar-refractivity contribution in [3.63, 3.8) is 0 Å². The number of urea groups is 2. The fraction of sp³-hybridized carbons (Fsp3) is 0.526. The Morgan fingerprint density at radius 3 is 2.74 bits per heavy atom. The zero-order valence-electron chi connectivity index (χ0n) is 17.0. The van der Waals surface area contributed by atoms with E-state index >= 15 is 0 Å². The largest absolute Gasteiger partial charge is 0.490 e. The molecule has 3 rings (SSSR count). The van der Waals surface area contributed by atoms with Crippen LogP contribution in [-0.4, -0.2) is 56.7 Å². The number of halogens is 1. The van der Waals surface area contributed by atoms with E-state index in [0.717, 1.165) is 12.8 Å². The van der Waals surface area contributed by atoms with Crippen molar-refractivity contribution in [2.75, 3.05) is 25.4 Å². The van der Waals surface area contributed by atoms with E-state index in [-0.39, 0.29) is 31.0 Å². The van der Waals surface area contributed by atoms with Gasteiger partial charge in [-0.2, -0.15) is 0 Å². The molecule has 1 saturated carbocycles. The van der Waals surface area contributed by atoms with Gasteiger partial charge in [0.2, 0.25) is 15.9 Å². The van der Waals surface area contributed by atoms with Crippen molar-refractivity contribution < 1.29 is 31.9 Å². The van der Waals surface area contributed by atoms with E-state index in [1.54, 1.807) is 6.92 Å². The molecule has 170 valence electrons. The number of rotatable bonds is 10. The standard InChI is InChI=1S/C19H25FN4O6S/c1-12(14-5-6-15(20)16(9-14)30-11-13-3-4-13)23-31(28,29)8-2-7-21-18(26)24-10-17(25)22-19(24)27/h5-6,9,12-13,23H,2-4,7-8,10-11H2,1H3,(H,21,26)(H,22,25,27)/t12-/m1/s1. The summed E-state index contributed by atoms with van der Waals surface area (Å²) in [4.78, 5) is 35.0.